The fourth-order valence-corrected chi connectivity index (χ4v) is 1.39. The molecule has 0 radical (unpaired) electrons. The summed E-state index contributed by atoms with van der Waals surface area (Å²) in [6.45, 7) is 7.21. The molecule has 18 heavy (non-hydrogen) atoms. The second kappa shape index (κ2) is 6.83. The van der Waals surface area contributed by atoms with E-state index in [2.05, 4.69) is 5.32 Å². The fraction of sp³-hybridized carbons (Fsp3) is 0.571. The molecule has 0 bridgehead atoms. The van der Waals surface area contributed by atoms with Crippen molar-refractivity contribution in [1.29, 1.82) is 0 Å². The van der Waals surface area contributed by atoms with Gasteiger partial charge in [-0.2, -0.15) is 0 Å². The van der Waals surface area contributed by atoms with Gasteiger partial charge >= 0.3 is 0 Å². The molecule has 3 nitrogen and oxygen atoms in total. The lowest BCUT2D eigenvalue weighted by Crippen LogP contribution is -2.33. The number of ether oxygens (including phenoxy) is 1. The third-order valence-electron chi connectivity index (χ3n) is 2.33. The maximum absolute atomic E-state index is 12.7. The molecule has 0 amide bonds. The number of nitrogens with one attached hydrogen (secondary N) is 1. The van der Waals surface area contributed by atoms with Crippen molar-refractivity contribution in [3.05, 3.63) is 35.6 Å². The van der Waals surface area contributed by atoms with E-state index in [-0.39, 0.29) is 11.4 Å². The van der Waals surface area contributed by atoms with E-state index in [1.54, 1.807) is 12.1 Å². The molecular formula is C14H22FNO2. The predicted molar refractivity (Wildman–Crippen MR) is 69.8 cm³/mol. The minimum atomic E-state index is -0.537. The third kappa shape index (κ3) is 6.69. The van der Waals surface area contributed by atoms with Crippen LogP contribution in [0.25, 0.3) is 0 Å². The van der Waals surface area contributed by atoms with Crippen molar-refractivity contribution in [2.75, 3.05) is 13.2 Å². The predicted octanol–water partition coefficient (Wildman–Crippen LogP) is 2.09. The molecule has 2 N–H and O–H groups in total. The van der Waals surface area contributed by atoms with Gasteiger partial charge in [0.15, 0.2) is 0 Å². The molecule has 0 heterocycles. The molecule has 1 aromatic rings. The summed E-state index contributed by atoms with van der Waals surface area (Å²) < 4.78 is 18.1. The van der Waals surface area contributed by atoms with E-state index in [0.717, 1.165) is 5.56 Å². The van der Waals surface area contributed by atoms with Crippen molar-refractivity contribution in [2.45, 2.75) is 39.0 Å². The van der Waals surface area contributed by atoms with Crippen LogP contribution in [0.15, 0.2) is 24.3 Å². The molecule has 4 heteroatoms. The number of hydrogen-bond acceptors (Lipinski definition) is 3. The molecule has 0 aliphatic rings. The molecule has 0 aliphatic carbocycles. The first-order valence-corrected chi connectivity index (χ1v) is 6.14. The number of aliphatic hydroxyl groups is 1. The van der Waals surface area contributed by atoms with Gasteiger partial charge in [-0.15, -0.1) is 0 Å². The Labute approximate surface area is 108 Å². The van der Waals surface area contributed by atoms with Gasteiger partial charge in [-0.3, -0.25) is 0 Å². The molecule has 1 aromatic carbocycles. The van der Waals surface area contributed by atoms with Crippen LogP contribution in [0.4, 0.5) is 4.39 Å². The topological polar surface area (TPSA) is 41.5 Å². The zero-order valence-electron chi connectivity index (χ0n) is 11.2. The Hall–Kier alpha value is -0.970. The van der Waals surface area contributed by atoms with Crippen molar-refractivity contribution in [3.8, 4) is 0 Å². The number of rotatable bonds is 6. The van der Waals surface area contributed by atoms with Crippen LogP contribution in [-0.2, 0) is 11.3 Å². The Morgan fingerprint density at radius 1 is 1.28 bits per heavy atom. The number of halogens is 1. The average molecular weight is 255 g/mol. The summed E-state index contributed by atoms with van der Waals surface area (Å²) >= 11 is 0. The third-order valence-corrected chi connectivity index (χ3v) is 2.33. The summed E-state index contributed by atoms with van der Waals surface area (Å²) in [6.07, 6.45) is -0.537. The van der Waals surface area contributed by atoms with Crippen molar-refractivity contribution in [2.24, 2.45) is 0 Å². The van der Waals surface area contributed by atoms with Gasteiger partial charge in [0, 0.05) is 13.1 Å². The van der Waals surface area contributed by atoms with Gasteiger partial charge in [0.05, 0.1) is 18.3 Å². The lowest BCUT2D eigenvalue weighted by atomic mass is 10.2. The summed E-state index contributed by atoms with van der Waals surface area (Å²) in [5.74, 6) is -0.239. The van der Waals surface area contributed by atoms with Crippen molar-refractivity contribution in [1.82, 2.24) is 5.32 Å². The minimum absolute atomic E-state index is 0.238. The zero-order chi connectivity index (χ0) is 13.6. The number of aliphatic hydroxyl groups excluding tert-OH is 1. The van der Waals surface area contributed by atoms with Crippen LogP contribution >= 0.6 is 0 Å². The van der Waals surface area contributed by atoms with Crippen molar-refractivity contribution >= 4 is 0 Å². The first-order chi connectivity index (χ1) is 8.37. The van der Waals surface area contributed by atoms with E-state index in [9.17, 15) is 9.50 Å². The molecule has 0 aliphatic heterocycles. The Morgan fingerprint density at radius 2 is 1.89 bits per heavy atom. The molecule has 1 rings (SSSR count). The largest absolute Gasteiger partial charge is 0.389 e. The van der Waals surface area contributed by atoms with Gasteiger partial charge in [-0.25, -0.2) is 4.39 Å². The van der Waals surface area contributed by atoms with E-state index in [0.29, 0.717) is 19.7 Å². The molecule has 0 spiro atoms. The monoisotopic (exact) mass is 255 g/mol. The van der Waals surface area contributed by atoms with Crippen LogP contribution in [0.3, 0.4) is 0 Å². The number of hydrogen-bond donors (Lipinski definition) is 2. The van der Waals surface area contributed by atoms with E-state index in [4.69, 9.17) is 4.74 Å². The molecule has 102 valence electrons. The van der Waals surface area contributed by atoms with Crippen molar-refractivity contribution < 1.29 is 14.2 Å². The van der Waals surface area contributed by atoms with E-state index in [1.165, 1.54) is 12.1 Å². The molecular weight excluding hydrogens is 233 g/mol. The van der Waals surface area contributed by atoms with Gasteiger partial charge in [-0.1, -0.05) is 12.1 Å². The summed E-state index contributed by atoms with van der Waals surface area (Å²) in [7, 11) is 0. The van der Waals surface area contributed by atoms with Gasteiger partial charge in [-0.05, 0) is 38.5 Å². The SMILES string of the molecule is CC(C)(C)OCC(O)CNCc1ccc(F)cc1. The Kier molecular flexibility index (Phi) is 5.72. The summed E-state index contributed by atoms with van der Waals surface area (Å²) in [5, 5.41) is 12.8. The molecule has 1 atom stereocenters. The van der Waals surface area contributed by atoms with Crippen LogP contribution in [0.2, 0.25) is 0 Å². The van der Waals surface area contributed by atoms with Crippen LogP contribution < -0.4 is 5.32 Å². The normalized spacial score (nSPS) is 13.6. The van der Waals surface area contributed by atoms with Crippen LogP contribution in [-0.4, -0.2) is 30.0 Å². The van der Waals surface area contributed by atoms with Gasteiger partial charge in [0.1, 0.15) is 5.82 Å². The van der Waals surface area contributed by atoms with E-state index >= 15 is 0 Å². The molecule has 0 saturated carbocycles. The summed E-state index contributed by atoms with van der Waals surface area (Å²) in [6, 6.07) is 6.30. The minimum Gasteiger partial charge on any atom is -0.389 e. The quantitative estimate of drug-likeness (QED) is 0.818. The van der Waals surface area contributed by atoms with E-state index < -0.39 is 6.10 Å². The maximum Gasteiger partial charge on any atom is 0.123 e. The standard InChI is InChI=1S/C14H22FNO2/c1-14(2,3)18-10-13(17)9-16-8-11-4-6-12(15)7-5-11/h4-7,13,16-17H,8-10H2,1-3H3. The molecule has 0 fully saturated rings. The zero-order valence-corrected chi connectivity index (χ0v) is 11.2. The summed E-state index contributed by atoms with van der Waals surface area (Å²) in [5.41, 5.74) is 0.748. The second-order valence-corrected chi connectivity index (χ2v) is 5.33. The van der Waals surface area contributed by atoms with Gasteiger partial charge in [0.25, 0.3) is 0 Å². The lowest BCUT2D eigenvalue weighted by molar-refractivity contribution is -0.0479. The molecule has 0 aromatic heterocycles. The van der Waals surface area contributed by atoms with Gasteiger partial charge < -0.3 is 15.2 Å². The van der Waals surface area contributed by atoms with Crippen LogP contribution in [0.5, 0.6) is 0 Å². The fourth-order valence-electron chi connectivity index (χ4n) is 1.39. The molecule has 1 unspecified atom stereocenters. The van der Waals surface area contributed by atoms with Crippen LogP contribution in [0.1, 0.15) is 26.3 Å². The highest BCUT2D eigenvalue weighted by Gasteiger charge is 2.13. The first kappa shape index (κ1) is 15.1. The Balaban J connectivity index is 2.19. The molecule has 0 saturated heterocycles. The lowest BCUT2D eigenvalue weighted by Gasteiger charge is -2.22. The average Bonchev–Trinajstić information content (AvgIpc) is 2.28. The Morgan fingerprint density at radius 3 is 2.44 bits per heavy atom. The van der Waals surface area contributed by atoms with E-state index in [1.807, 2.05) is 20.8 Å². The Bertz CT molecular complexity index is 346. The highest BCUT2D eigenvalue weighted by molar-refractivity contribution is 5.15. The first-order valence-electron chi connectivity index (χ1n) is 6.14. The van der Waals surface area contributed by atoms with Crippen LogP contribution in [0, 0.1) is 5.82 Å². The second-order valence-electron chi connectivity index (χ2n) is 5.33. The highest BCUT2D eigenvalue weighted by atomic mass is 19.1. The summed E-state index contributed by atoms with van der Waals surface area (Å²) in [4.78, 5) is 0. The number of benzene rings is 1. The highest BCUT2D eigenvalue weighted by Crippen LogP contribution is 2.07. The maximum atomic E-state index is 12.7. The van der Waals surface area contributed by atoms with Crippen molar-refractivity contribution in [3.63, 3.8) is 0 Å². The smallest absolute Gasteiger partial charge is 0.123 e. The van der Waals surface area contributed by atoms with Gasteiger partial charge in [0.2, 0.25) is 0 Å².